The zero-order chi connectivity index (χ0) is 14.9. The minimum absolute atomic E-state index is 0.0398. The Hall–Kier alpha value is -1.33. The Labute approximate surface area is 138 Å². The molecule has 22 heavy (non-hydrogen) atoms. The molecule has 0 spiro atoms. The average Bonchev–Trinajstić information content (AvgIpc) is 3.23. The van der Waals surface area contributed by atoms with E-state index >= 15 is 0 Å². The largest absolute Gasteiger partial charge is 0.332 e. The summed E-state index contributed by atoms with van der Waals surface area (Å²) in [6.45, 7) is 0.872. The van der Waals surface area contributed by atoms with Crippen LogP contribution in [0.3, 0.4) is 0 Å². The highest BCUT2D eigenvalue weighted by molar-refractivity contribution is 8.01. The van der Waals surface area contributed by atoms with Crippen LogP contribution < -0.4 is 0 Å². The van der Waals surface area contributed by atoms with E-state index in [1.807, 2.05) is 11.6 Å². The molecular weight excluding hydrogens is 312 g/mol. The van der Waals surface area contributed by atoms with Crippen molar-refractivity contribution in [2.24, 2.45) is 0 Å². The summed E-state index contributed by atoms with van der Waals surface area (Å²) in [5.41, 5.74) is 1.31. The van der Waals surface area contributed by atoms with Crippen LogP contribution in [0.4, 0.5) is 0 Å². The first kappa shape index (κ1) is 14.3. The van der Waals surface area contributed by atoms with E-state index in [0.717, 1.165) is 30.8 Å². The van der Waals surface area contributed by atoms with E-state index in [1.165, 1.54) is 16.9 Å². The van der Waals surface area contributed by atoms with E-state index in [-0.39, 0.29) is 11.3 Å². The Morgan fingerprint density at radius 1 is 1.27 bits per heavy atom. The van der Waals surface area contributed by atoms with Gasteiger partial charge in [0.1, 0.15) is 5.01 Å². The molecule has 2 aliphatic rings. The molecule has 1 aromatic carbocycles. The third-order valence-corrected chi connectivity index (χ3v) is 6.63. The van der Waals surface area contributed by atoms with Crippen molar-refractivity contribution >= 4 is 29.0 Å². The summed E-state index contributed by atoms with van der Waals surface area (Å²) in [5.74, 6) is 0.293. The molecule has 1 saturated heterocycles. The number of aromatic nitrogens is 1. The van der Waals surface area contributed by atoms with Gasteiger partial charge in [-0.2, -0.15) is 0 Å². The molecule has 0 bridgehead atoms. The summed E-state index contributed by atoms with van der Waals surface area (Å²) in [7, 11) is 0. The fraction of sp³-hybridized carbons (Fsp3) is 0.412. The van der Waals surface area contributed by atoms with Gasteiger partial charge in [-0.3, -0.25) is 4.79 Å². The molecule has 1 amide bonds. The van der Waals surface area contributed by atoms with E-state index in [9.17, 15) is 4.79 Å². The summed E-state index contributed by atoms with van der Waals surface area (Å²) in [5, 5.41) is 3.14. The van der Waals surface area contributed by atoms with Gasteiger partial charge >= 0.3 is 0 Å². The Bertz CT molecular complexity index is 646. The number of likely N-dealkylation sites (tertiary alicyclic amines) is 1. The second kappa shape index (κ2) is 6.05. The molecule has 4 rings (SSSR count). The second-order valence-electron chi connectivity index (χ2n) is 5.83. The molecule has 2 atom stereocenters. The third-order valence-electron chi connectivity index (χ3n) is 4.44. The standard InChI is InChI=1S/C17H18N2OS2/c20-17(15-11-12-5-1-2-7-14(12)22-15)19-9-4-3-6-13(19)16-18-8-10-21-16/h1-2,5,7-8,10,13,15H,3-4,6,9,11H2. The van der Waals surface area contributed by atoms with Crippen molar-refractivity contribution in [3.8, 4) is 0 Å². The number of thiazole rings is 1. The van der Waals surface area contributed by atoms with E-state index in [2.05, 4.69) is 34.1 Å². The molecule has 3 heterocycles. The summed E-state index contributed by atoms with van der Waals surface area (Å²) < 4.78 is 0. The van der Waals surface area contributed by atoms with Crippen LogP contribution >= 0.6 is 23.1 Å². The van der Waals surface area contributed by atoms with Gasteiger partial charge in [-0.15, -0.1) is 23.1 Å². The first-order chi connectivity index (χ1) is 10.8. The third kappa shape index (κ3) is 2.57. The summed E-state index contributed by atoms with van der Waals surface area (Å²) in [6.07, 6.45) is 6.05. The fourth-order valence-corrected chi connectivity index (χ4v) is 5.41. The Morgan fingerprint density at radius 2 is 2.18 bits per heavy atom. The lowest BCUT2D eigenvalue weighted by atomic mass is 10.0. The van der Waals surface area contributed by atoms with Gasteiger partial charge in [-0.05, 0) is 37.3 Å². The van der Waals surface area contributed by atoms with Crippen molar-refractivity contribution in [2.45, 2.75) is 41.9 Å². The molecule has 1 aromatic heterocycles. The molecular formula is C17H18N2OS2. The first-order valence-electron chi connectivity index (χ1n) is 7.77. The number of rotatable bonds is 2. The molecule has 0 radical (unpaired) electrons. The highest BCUT2D eigenvalue weighted by Gasteiger charge is 2.36. The molecule has 2 unspecified atom stereocenters. The van der Waals surface area contributed by atoms with Crippen LogP contribution in [0.1, 0.15) is 35.9 Å². The maximum Gasteiger partial charge on any atom is 0.236 e. The number of carbonyl (C=O) groups excluding carboxylic acids is 1. The van der Waals surface area contributed by atoms with Crippen LogP contribution in [0.15, 0.2) is 40.7 Å². The summed E-state index contributed by atoms with van der Waals surface area (Å²) in [6, 6.07) is 8.57. The monoisotopic (exact) mass is 330 g/mol. The minimum atomic E-state index is 0.0398. The molecule has 0 aliphatic carbocycles. The van der Waals surface area contributed by atoms with Crippen LogP contribution in [0.5, 0.6) is 0 Å². The summed E-state index contributed by atoms with van der Waals surface area (Å²) >= 11 is 3.40. The first-order valence-corrected chi connectivity index (χ1v) is 9.53. The number of fused-ring (bicyclic) bond motifs is 1. The molecule has 1 fully saturated rings. The molecule has 0 saturated carbocycles. The molecule has 0 N–H and O–H groups in total. The Balaban J connectivity index is 1.54. The molecule has 3 nitrogen and oxygen atoms in total. The van der Waals surface area contributed by atoms with Crippen molar-refractivity contribution in [1.29, 1.82) is 0 Å². The van der Waals surface area contributed by atoms with Crippen molar-refractivity contribution in [2.75, 3.05) is 6.54 Å². The van der Waals surface area contributed by atoms with Crippen molar-refractivity contribution in [1.82, 2.24) is 9.88 Å². The SMILES string of the molecule is O=C(C1Cc2ccccc2S1)N1CCCCC1c1nccs1. The number of piperidine rings is 1. The van der Waals surface area contributed by atoms with Gasteiger partial charge in [0, 0.05) is 23.0 Å². The van der Waals surface area contributed by atoms with Crippen LogP contribution in [0.2, 0.25) is 0 Å². The number of nitrogens with zero attached hydrogens (tertiary/aromatic N) is 2. The molecule has 5 heteroatoms. The van der Waals surface area contributed by atoms with Crippen molar-refractivity contribution in [3.63, 3.8) is 0 Å². The van der Waals surface area contributed by atoms with Gasteiger partial charge in [0.15, 0.2) is 0 Å². The van der Waals surface area contributed by atoms with E-state index in [1.54, 1.807) is 23.1 Å². The minimum Gasteiger partial charge on any atom is -0.332 e. The van der Waals surface area contributed by atoms with E-state index < -0.39 is 0 Å². The Morgan fingerprint density at radius 3 is 3.00 bits per heavy atom. The van der Waals surface area contributed by atoms with Gasteiger partial charge < -0.3 is 4.90 Å². The van der Waals surface area contributed by atoms with Gasteiger partial charge in [-0.25, -0.2) is 4.98 Å². The Kier molecular flexibility index (Phi) is 3.92. The van der Waals surface area contributed by atoms with Crippen LogP contribution in [-0.4, -0.2) is 27.6 Å². The van der Waals surface area contributed by atoms with Crippen LogP contribution in [-0.2, 0) is 11.2 Å². The highest BCUT2D eigenvalue weighted by Crippen LogP contribution is 2.40. The zero-order valence-corrected chi connectivity index (χ0v) is 13.9. The smallest absolute Gasteiger partial charge is 0.236 e. The number of carbonyl (C=O) groups is 1. The maximum atomic E-state index is 13.1. The predicted octanol–water partition coefficient (Wildman–Crippen LogP) is 3.91. The van der Waals surface area contributed by atoms with Gasteiger partial charge in [0.05, 0.1) is 11.3 Å². The number of hydrogen-bond acceptors (Lipinski definition) is 4. The van der Waals surface area contributed by atoms with Gasteiger partial charge in [0.2, 0.25) is 5.91 Å². The maximum absolute atomic E-state index is 13.1. The number of benzene rings is 1. The fourth-order valence-electron chi connectivity index (χ4n) is 3.36. The molecule has 114 valence electrons. The average molecular weight is 330 g/mol. The molecule has 2 aromatic rings. The lowest BCUT2D eigenvalue weighted by Gasteiger charge is -2.36. The lowest BCUT2D eigenvalue weighted by molar-refractivity contribution is -0.134. The second-order valence-corrected chi connectivity index (χ2v) is 8.00. The normalized spacial score (nSPS) is 24.3. The van der Waals surface area contributed by atoms with E-state index in [0.29, 0.717) is 5.91 Å². The highest BCUT2D eigenvalue weighted by atomic mass is 32.2. The van der Waals surface area contributed by atoms with Crippen LogP contribution in [0.25, 0.3) is 0 Å². The predicted molar refractivity (Wildman–Crippen MR) is 90.2 cm³/mol. The number of amides is 1. The van der Waals surface area contributed by atoms with Gasteiger partial charge in [-0.1, -0.05) is 18.2 Å². The van der Waals surface area contributed by atoms with Gasteiger partial charge in [0.25, 0.3) is 0 Å². The zero-order valence-electron chi connectivity index (χ0n) is 12.3. The van der Waals surface area contributed by atoms with Crippen molar-refractivity contribution < 1.29 is 4.79 Å². The number of thioether (sulfide) groups is 1. The van der Waals surface area contributed by atoms with Crippen LogP contribution in [0, 0.1) is 0 Å². The van der Waals surface area contributed by atoms with Crippen molar-refractivity contribution in [3.05, 3.63) is 46.4 Å². The summed E-state index contributed by atoms with van der Waals surface area (Å²) in [4.78, 5) is 20.9. The topological polar surface area (TPSA) is 33.2 Å². The number of hydrogen-bond donors (Lipinski definition) is 0. The van der Waals surface area contributed by atoms with E-state index in [4.69, 9.17) is 0 Å². The lowest BCUT2D eigenvalue weighted by Crippen LogP contribution is -2.43. The quantitative estimate of drug-likeness (QED) is 0.837. The molecule has 2 aliphatic heterocycles.